The summed E-state index contributed by atoms with van der Waals surface area (Å²) in [7, 11) is -0.439. The van der Waals surface area contributed by atoms with Crippen molar-refractivity contribution in [3.8, 4) is 11.5 Å². The maximum Gasteiger partial charge on any atom is 0.243 e. The number of hydrogen-bond acceptors (Lipinski definition) is 5. The molecule has 0 bridgehead atoms. The van der Waals surface area contributed by atoms with Gasteiger partial charge in [0.05, 0.1) is 25.2 Å². The quantitative estimate of drug-likeness (QED) is 0.827. The number of nitrogens with two attached hydrogens (primary N) is 1. The summed E-state index contributed by atoms with van der Waals surface area (Å²) >= 11 is 0. The van der Waals surface area contributed by atoms with Crippen LogP contribution in [-0.2, 0) is 10.0 Å². The van der Waals surface area contributed by atoms with Crippen LogP contribution in [0.4, 0.5) is 5.69 Å². The highest BCUT2D eigenvalue weighted by atomic mass is 32.2. The van der Waals surface area contributed by atoms with Gasteiger partial charge < -0.3 is 15.2 Å². The average molecular weight is 362 g/mol. The largest absolute Gasteiger partial charge is 0.493 e. The maximum absolute atomic E-state index is 13.0. The van der Waals surface area contributed by atoms with E-state index in [9.17, 15) is 8.42 Å². The summed E-state index contributed by atoms with van der Waals surface area (Å²) in [6.07, 6.45) is 1.58. The molecule has 1 aliphatic rings. The summed E-state index contributed by atoms with van der Waals surface area (Å²) in [5, 5.41) is 0. The minimum absolute atomic E-state index is 0.220. The predicted octanol–water partition coefficient (Wildman–Crippen LogP) is 2.81. The Morgan fingerprint density at radius 2 is 1.72 bits per heavy atom. The summed E-state index contributed by atoms with van der Waals surface area (Å²) in [6, 6.07) is 11.6. The first-order valence-electron chi connectivity index (χ1n) is 8.06. The lowest BCUT2D eigenvalue weighted by molar-refractivity contribution is 0.351. The van der Waals surface area contributed by atoms with Crippen molar-refractivity contribution < 1.29 is 17.9 Å². The van der Waals surface area contributed by atoms with Gasteiger partial charge in [-0.3, -0.25) is 0 Å². The number of rotatable bonds is 5. The molecule has 1 fully saturated rings. The molecule has 1 unspecified atom stereocenters. The number of nitrogen functional groups attached to an aromatic ring is 1. The zero-order chi connectivity index (χ0) is 18.0. The van der Waals surface area contributed by atoms with E-state index >= 15 is 0 Å². The minimum atomic E-state index is -3.58. The van der Waals surface area contributed by atoms with Gasteiger partial charge in [-0.1, -0.05) is 6.07 Å². The summed E-state index contributed by atoms with van der Waals surface area (Å²) in [4.78, 5) is 0.258. The van der Waals surface area contributed by atoms with Gasteiger partial charge in [0.1, 0.15) is 0 Å². The van der Waals surface area contributed by atoms with Crippen molar-refractivity contribution in [2.24, 2.45) is 0 Å². The van der Waals surface area contributed by atoms with Gasteiger partial charge in [-0.15, -0.1) is 0 Å². The molecule has 6 nitrogen and oxygen atoms in total. The highest BCUT2D eigenvalue weighted by molar-refractivity contribution is 7.89. The molecule has 3 rings (SSSR count). The molecule has 1 atom stereocenters. The van der Waals surface area contributed by atoms with Gasteiger partial charge in [-0.2, -0.15) is 4.31 Å². The van der Waals surface area contributed by atoms with E-state index in [1.54, 1.807) is 48.9 Å². The molecule has 134 valence electrons. The molecule has 0 aromatic heterocycles. The molecule has 1 saturated heterocycles. The Hall–Kier alpha value is -2.25. The van der Waals surface area contributed by atoms with Crippen molar-refractivity contribution in [3.05, 3.63) is 48.0 Å². The predicted molar refractivity (Wildman–Crippen MR) is 96.3 cm³/mol. The topological polar surface area (TPSA) is 81.9 Å². The second-order valence-corrected chi connectivity index (χ2v) is 7.85. The molecule has 0 radical (unpaired) electrons. The Labute approximate surface area is 148 Å². The van der Waals surface area contributed by atoms with E-state index in [4.69, 9.17) is 15.2 Å². The SMILES string of the molecule is COc1ccc(C2CCCN2S(=O)(=O)c2ccc(N)cc2)cc1OC. The molecule has 25 heavy (non-hydrogen) atoms. The number of benzene rings is 2. The van der Waals surface area contributed by atoms with Crippen molar-refractivity contribution in [1.82, 2.24) is 4.31 Å². The van der Waals surface area contributed by atoms with E-state index in [1.165, 1.54) is 0 Å². The van der Waals surface area contributed by atoms with E-state index in [0.717, 1.165) is 18.4 Å². The third-order valence-corrected chi connectivity index (χ3v) is 6.41. The first-order chi connectivity index (χ1) is 12.0. The van der Waals surface area contributed by atoms with E-state index in [2.05, 4.69) is 0 Å². The molecular weight excluding hydrogens is 340 g/mol. The van der Waals surface area contributed by atoms with E-state index in [0.29, 0.717) is 23.7 Å². The average Bonchev–Trinajstić information content (AvgIpc) is 3.12. The lowest BCUT2D eigenvalue weighted by Gasteiger charge is -2.25. The maximum atomic E-state index is 13.0. The van der Waals surface area contributed by atoms with Crippen molar-refractivity contribution in [2.75, 3.05) is 26.5 Å². The molecule has 2 N–H and O–H groups in total. The number of anilines is 1. The zero-order valence-electron chi connectivity index (χ0n) is 14.3. The molecule has 1 heterocycles. The van der Waals surface area contributed by atoms with Crippen molar-refractivity contribution in [2.45, 2.75) is 23.8 Å². The fourth-order valence-electron chi connectivity index (χ4n) is 3.20. The fourth-order valence-corrected chi connectivity index (χ4v) is 4.88. The summed E-state index contributed by atoms with van der Waals surface area (Å²) in [6.45, 7) is 0.492. The molecule has 7 heteroatoms. The lowest BCUT2D eigenvalue weighted by atomic mass is 10.0. The Morgan fingerprint density at radius 1 is 1.04 bits per heavy atom. The van der Waals surface area contributed by atoms with Gasteiger partial charge in [0.25, 0.3) is 0 Å². The van der Waals surface area contributed by atoms with E-state index < -0.39 is 10.0 Å². The second kappa shape index (κ2) is 6.93. The standard InChI is InChI=1S/C18H22N2O4S/c1-23-17-10-5-13(12-18(17)24-2)16-4-3-11-20(16)25(21,22)15-8-6-14(19)7-9-15/h5-10,12,16H,3-4,11,19H2,1-2H3. The number of sulfonamides is 1. The van der Waals surface area contributed by atoms with Crippen LogP contribution < -0.4 is 15.2 Å². The third-order valence-electron chi connectivity index (χ3n) is 4.48. The van der Waals surface area contributed by atoms with E-state index in [-0.39, 0.29) is 10.9 Å². The number of methoxy groups -OCH3 is 2. The summed E-state index contributed by atoms with van der Waals surface area (Å²) in [5.41, 5.74) is 7.10. The Balaban J connectivity index is 1.96. The zero-order valence-corrected chi connectivity index (χ0v) is 15.1. The first-order valence-corrected chi connectivity index (χ1v) is 9.50. The van der Waals surface area contributed by atoms with Gasteiger partial charge in [0, 0.05) is 12.2 Å². The van der Waals surface area contributed by atoms with Gasteiger partial charge in [0.2, 0.25) is 10.0 Å². The van der Waals surface area contributed by atoms with Crippen LogP contribution >= 0.6 is 0 Å². The van der Waals surface area contributed by atoms with Crippen LogP contribution in [0.25, 0.3) is 0 Å². The second-order valence-electron chi connectivity index (χ2n) is 5.96. The number of ether oxygens (including phenoxy) is 2. The molecule has 0 spiro atoms. The first kappa shape index (κ1) is 17.6. The number of hydrogen-bond donors (Lipinski definition) is 1. The minimum Gasteiger partial charge on any atom is -0.493 e. The Kier molecular flexibility index (Phi) is 4.87. The van der Waals surface area contributed by atoms with Crippen molar-refractivity contribution >= 4 is 15.7 Å². The highest BCUT2D eigenvalue weighted by Crippen LogP contribution is 2.39. The van der Waals surface area contributed by atoms with Crippen molar-refractivity contribution in [3.63, 3.8) is 0 Å². The molecular formula is C18H22N2O4S. The lowest BCUT2D eigenvalue weighted by Crippen LogP contribution is -2.30. The van der Waals surface area contributed by atoms with Crippen LogP contribution in [0.15, 0.2) is 47.4 Å². The van der Waals surface area contributed by atoms with Crippen LogP contribution in [0, 0.1) is 0 Å². The third kappa shape index (κ3) is 3.29. The Morgan fingerprint density at radius 3 is 2.36 bits per heavy atom. The van der Waals surface area contributed by atoms with Crippen LogP contribution in [0.2, 0.25) is 0 Å². The normalized spacial score (nSPS) is 18.2. The van der Waals surface area contributed by atoms with Crippen LogP contribution in [0.5, 0.6) is 11.5 Å². The van der Waals surface area contributed by atoms with Crippen LogP contribution in [0.1, 0.15) is 24.4 Å². The monoisotopic (exact) mass is 362 g/mol. The molecule has 2 aromatic rings. The molecule has 1 aliphatic heterocycles. The summed E-state index contributed by atoms with van der Waals surface area (Å²) < 4.78 is 38.2. The fraction of sp³-hybridized carbons (Fsp3) is 0.333. The highest BCUT2D eigenvalue weighted by Gasteiger charge is 2.36. The van der Waals surface area contributed by atoms with Crippen LogP contribution in [0.3, 0.4) is 0 Å². The van der Waals surface area contributed by atoms with Gasteiger partial charge >= 0.3 is 0 Å². The van der Waals surface area contributed by atoms with Gasteiger partial charge in [-0.05, 0) is 54.8 Å². The Bertz CT molecular complexity index is 850. The molecule has 2 aromatic carbocycles. The van der Waals surface area contributed by atoms with Crippen LogP contribution in [-0.4, -0.2) is 33.5 Å². The molecule has 0 amide bonds. The number of nitrogens with zero attached hydrogens (tertiary/aromatic N) is 1. The van der Waals surface area contributed by atoms with Gasteiger partial charge in [-0.25, -0.2) is 8.42 Å². The molecule has 0 saturated carbocycles. The van der Waals surface area contributed by atoms with Gasteiger partial charge in [0.15, 0.2) is 11.5 Å². The van der Waals surface area contributed by atoms with E-state index in [1.807, 2.05) is 12.1 Å². The summed E-state index contributed by atoms with van der Waals surface area (Å²) in [5.74, 6) is 1.22. The smallest absolute Gasteiger partial charge is 0.243 e. The van der Waals surface area contributed by atoms with Crippen molar-refractivity contribution in [1.29, 1.82) is 0 Å². The molecule has 0 aliphatic carbocycles.